The van der Waals surface area contributed by atoms with Crippen LogP contribution in [0.2, 0.25) is 0 Å². The van der Waals surface area contributed by atoms with Gasteiger partial charge in [-0.15, -0.1) is 0 Å². The van der Waals surface area contributed by atoms with E-state index in [2.05, 4.69) is 25.9 Å². The van der Waals surface area contributed by atoms with E-state index in [1.54, 1.807) is 13.8 Å². The molecule has 146 valence electrons. The number of amides is 1. The third-order valence-electron chi connectivity index (χ3n) is 3.74. The molecule has 0 fully saturated rings. The molecule has 9 heteroatoms. The van der Waals surface area contributed by atoms with Gasteiger partial charge in [0.25, 0.3) is 0 Å². The smallest absolute Gasteiger partial charge is 0.229 e. The average Bonchev–Trinajstić information content (AvgIpc) is 2.61. The molecule has 1 atom stereocenters. The van der Waals surface area contributed by atoms with Crippen molar-refractivity contribution in [2.24, 2.45) is 5.92 Å². The second kappa shape index (κ2) is 9.22. The summed E-state index contributed by atoms with van der Waals surface area (Å²) in [6.45, 7) is 5.12. The number of hydrogen-bond donors (Lipinski definition) is 4. The van der Waals surface area contributed by atoms with Crippen LogP contribution in [0.5, 0.6) is 0 Å². The van der Waals surface area contributed by atoms with Gasteiger partial charge in [-0.3, -0.25) is 4.79 Å². The summed E-state index contributed by atoms with van der Waals surface area (Å²) in [5.74, 6) is -1.76. The van der Waals surface area contributed by atoms with Crippen molar-refractivity contribution in [2.45, 2.75) is 33.2 Å². The maximum atomic E-state index is 13.9. The number of hydrogen-bond acceptors (Lipinski definition) is 6. The Kier molecular flexibility index (Phi) is 7.00. The Balaban J connectivity index is 2.21. The topological polar surface area (TPSA) is 99.2 Å². The molecule has 0 bridgehead atoms. The zero-order chi connectivity index (χ0) is 20.0. The fourth-order valence-corrected chi connectivity index (χ4v) is 2.15. The lowest BCUT2D eigenvalue weighted by atomic mass is 10.2. The van der Waals surface area contributed by atoms with E-state index < -0.39 is 11.6 Å². The molecular formula is C18H23F2N5O2. The lowest BCUT2D eigenvalue weighted by Crippen LogP contribution is -2.24. The number of aliphatic hydroxyl groups excluding tert-OH is 1. The second-order valence-electron chi connectivity index (χ2n) is 6.32. The average molecular weight is 379 g/mol. The highest BCUT2D eigenvalue weighted by molar-refractivity contribution is 5.92. The molecule has 0 aliphatic rings. The van der Waals surface area contributed by atoms with Crippen molar-refractivity contribution >= 4 is 29.0 Å². The summed E-state index contributed by atoms with van der Waals surface area (Å²) in [5.41, 5.74) is 0.573. The molecule has 7 nitrogen and oxygen atoms in total. The number of rotatable bonds is 8. The van der Waals surface area contributed by atoms with Gasteiger partial charge < -0.3 is 21.1 Å². The summed E-state index contributed by atoms with van der Waals surface area (Å²) < 4.78 is 27.7. The van der Waals surface area contributed by atoms with Crippen LogP contribution in [-0.4, -0.2) is 33.6 Å². The number of carbonyl (C=O) groups is 1. The van der Waals surface area contributed by atoms with Gasteiger partial charge in [0.1, 0.15) is 5.82 Å². The maximum Gasteiger partial charge on any atom is 0.229 e. The Bertz CT molecular complexity index is 797. The van der Waals surface area contributed by atoms with Gasteiger partial charge in [-0.1, -0.05) is 20.8 Å². The van der Waals surface area contributed by atoms with Gasteiger partial charge in [-0.05, 0) is 24.6 Å². The highest BCUT2D eigenvalue weighted by atomic mass is 19.1. The van der Waals surface area contributed by atoms with E-state index in [9.17, 15) is 18.7 Å². The first-order chi connectivity index (χ1) is 12.8. The number of carbonyl (C=O) groups excluding carboxylic acids is 1. The van der Waals surface area contributed by atoms with Gasteiger partial charge in [0.2, 0.25) is 11.9 Å². The molecule has 27 heavy (non-hydrogen) atoms. The lowest BCUT2D eigenvalue weighted by molar-refractivity contribution is -0.118. The minimum atomic E-state index is -0.670. The lowest BCUT2D eigenvalue weighted by Gasteiger charge is -2.16. The van der Waals surface area contributed by atoms with E-state index in [1.807, 2.05) is 6.92 Å². The molecular weight excluding hydrogens is 356 g/mol. The van der Waals surface area contributed by atoms with Crippen molar-refractivity contribution in [1.82, 2.24) is 9.97 Å². The van der Waals surface area contributed by atoms with Gasteiger partial charge >= 0.3 is 0 Å². The third kappa shape index (κ3) is 5.85. The monoisotopic (exact) mass is 379 g/mol. The van der Waals surface area contributed by atoms with Gasteiger partial charge in [0.05, 0.1) is 18.8 Å². The number of anilines is 4. The number of nitrogens with one attached hydrogen (secondary N) is 3. The quantitative estimate of drug-likeness (QED) is 0.562. The van der Waals surface area contributed by atoms with Gasteiger partial charge in [-0.2, -0.15) is 4.98 Å². The molecule has 1 aromatic heterocycles. The zero-order valence-corrected chi connectivity index (χ0v) is 15.4. The second-order valence-corrected chi connectivity index (χ2v) is 6.32. The largest absolute Gasteiger partial charge is 0.394 e. The predicted octanol–water partition coefficient (Wildman–Crippen LogP) is 3.28. The van der Waals surface area contributed by atoms with E-state index in [4.69, 9.17) is 0 Å². The number of halogens is 2. The van der Waals surface area contributed by atoms with Gasteiger partial charge in [0.15, 0.2) is 11.6 Å². The summed E-state index contributed by atoms with van der Waals surface area (Å²) in [5, 5.41) is 17.4. The van der Waals surface area contributed by atoms with Crippen molar-refractivity contribution in [2.75, 3.05) is 22.6 Å². The highest BCUT2D eigenvalue weighted by Crippen LogP contribution is 2.22. The van der Waals surface area contributed by atoms with Crippen LogP contribution < -0.4 is 16.0 Å². The first-order valence-electron chi connectivity index (χ1n) is 8.60. The molecule has 0 saturated heterocycles. The highest BCUT2D eigenvalue weighted by Gasteiger charge is 2.13. The number of nitrogens with zero attached hydrogens (tertiary/aromatic N) is 2. The van der Waals surface area contributed by atoms with E-state index >= 15 is 0 Å². The molecule has 2 aromatic rings. The molecule has 0 unspecified atom stereocenters. The summed E-state index contributed by atoms with van der Waals surface area (Å²) >= 11 is 0. The summed E-state index contributed by atoms with van der Waals surface area (Å²) in [7, 11) is 0. The first kappa shape index (κ1) is 20.5. The van der Waals surface area contributed by atoms with Crippen molar-refractivity contribution in [1.29, 1.82) is 0 Å². The van der Waals surface area contributed by atoms with Crippen molar-refractivity contribution in [3.63, 3.8) is 0 Å². The molecule has 1 amide bonds. The zero-order valence-electron chi connectivity index (χ0n) is 15.4. The van der Waals surface area contributed by atoms with E-state index in [-0.39, 0.29) is 41.9 Å². The number of aromatic nitrogens is 2. The van der Waals surface area contributed by atoms with Crippen LogP contribution in [-0.2, 0) is 4.79 Å². The van der Waals surface area contributed by atoms with Crippen LogP contribution in [0.4, 0.5) is 31.9 Å². The van der Waals surface area contributed by atoms with Crippen molar-refractivity contribution < 1.29 is 18.7 Å². The molecule has 1 heterocycles. The molecule has 1 aromatic carbocycles. The Labute approximate surface area is 156 Å². The minimum Gasteiger partial charge on any atom is -0.394 e. The van der Waals surface area contributed by atoms with E-state index in [0.29, 0.717) is 12.1 Å². The summed E-state index contributed by atoms with van der Waals surface area (Å²) in [4.78, 5) is 19.6. The van der Waals surface area contributed by atoms with E-state index in [1.165, 1.54) is 18.2 Å². The normalized spacial score (nSPS) is 12.0. The van der Waals surface area contributed by atoms with Gasteiger partial charge in [0, 0.05) is 17.3 Å². The standard InChI is InChI=1S/C18H23F2N5O2/c1-4-12(9-26)22-16-15(20)8-21-18(25-16)24-14-6-11(19)5-13(7-14)23-17(27)10(2)3/h5-8,10,12,26H,4,9H2,1-3H3,(H,23,27)(H2,21,22,24,25)/t12-/m0/s1. The molecule has 0 radical (unpaired) electrons. The molecule has 0 aliphatic carbocycles. The SMILES string of the molecule is CC[C@@H](CO)Nc1nc(Nc2cc(F)cc(NC(=O)C(C)C)c2)ncc1F. The van der Waals surface area contributed by atoms with Crippen LogP contribution in [0.1, 0.15) is 27.2 Å². The van der Waals surface area contributed by atoms with Crippen LogP contribution in [0.15, 0.2) is 24.4 Å². The van der Waals surface area contributed by atoms with Gasteiger partial charge in [-0.25, -0.2) is 13.8 Å². The minimum absolute atomic E-state index is 0.0402. The maximum absolute atomic E-state index is 13.9. The molecule has 0 saturated carbocycles. The predicted molar refractivity (Wildman–Crippen MR) is 99.9 cm³/mol. The fraction of sp³-hybridized carbons (Fsp3) is 0.389. The molecule has 0 spiro atoms. The Hall–Kier alpha value is -2.81. The summed E-state index contributed by atoms with van der Waals surface area (Å²) in [6, 6.07) is 3.56. The van der Waals surface area contributed by atoms with Crippen LogP contribution in [0.25, 0.3) is 0 Å². The van der Waals surface area contributed by atoms with E-state index in [0.717, 1.165) is 6.20 Å². The van der Waals surface area contributed by atoms with Crippen LogP contribution in [0, 0.1) is 17.6 Å². The molecule has 0 aliphatic heterocycles. The molecule has 2 rings (SSSR count). The first-order valence-corrected chi connectivity index (χ1v) is 8.60. The Morgan fingerprint density at radius 1 is 1.22 bits per heavy atom. The fourth-order valence-electron chi connectivity index (χ4n) is 2.15. The number of benzene rings is 1. The van der Waals surface area contributed by atoms with Crippen molar-refractivity contribution in [3.8, 4) is 0 Å². The summed E-state index contributed by atoms with van der Waals surface area (Å²) in [6.07, 6.45) is 1.55. The Morgan fingerprint density at radius 2 is 1.93 bits per heavy atom. The van der Waals surface area contributed by atoms with Crippen LogP contribution in [0.3, 0.4) is 0 Å². The number of aliphatic hydroxyl groups is 1. The van der Waals surface area contributed by atoms with Crippen LogP contribution >= 0.6 is 0 Å². The molecule has 4 N–H and O–H groups in total. The van der Waals surface area contributed by atoms with Crippen molar-refractivity contribution in [3.05, 3.63) is 36.0 Å². The Morgan fingerprint density at radius 3 is 2.56 bits per heavy atom. The third-order valence-corrected chi connectivity index (χ3v) is 3.74.